The van der Waals surface area contributed by atoms with Gasteiger partial charge in [-0.05, 0) is 44.4 Å². The van der Waals surface area contributed by atoms with Gasteiger partial charge in [0.25, 0.3) is 0 Å². The Labute approximate surface area is 98.1 Å². The Kier molecular flexibility index (Phi) is 2.78. The third-order valence-electron chi connectivity index (χ3n) is 4.40. The number of nitrogens with zero attached hydrogens (tertiary/aromatic N) is 2. The van der Waals surface area contributed by atoms with Gasteiger partial charge >= 0.3 is 0 Å². The van der Waals surface area contributed by atoms with Crippen molar-refractivity contribution in [1.82, 2.24) is 4.90 Å². The fourth-order valence-corrected chi connectivity index (χ4v) is 3.37. The van der Waals surface area contributed by atoms with E-state index < -0.39 is 0 Å². The largest absolute Gasteiger partial charge is 0.370 e. The number of nitrogens with two attached hydrogens (primary N) is 1. The van der Waals surface area contributed by atoms with E-state index >= 15 is 0 Å². The van der Waals surface area contributed by atoms with Crippen LogP contribution in [0.1, 0.15) is 51.4 Å². The number of piperidine rings is 1. The molecule has 2 aliphatic carbocycles. The number of rotatable bonds is 1. The van der Waals surface area contributed by atoms with Crippen LogP contribution in [0.5, 0.6) is 0 Å². The molecule has 2 unspecified atom stereocenters. The zero-order valence-corrected chi connectivity index (χ0v) is 10.1. The highest BCUT2D eigenvalue weighted by Gasteiger charge is 2.34. The van der Waals surface area contributed by atoms with E-state index in [1.54, 1.807) is 0 Å². The molecule has 2 N–H and O–H groups in total. The molecule has 2 saturated carbocycles. The lowest BCUT2D eigenvalue weighted by atomic mass is 9.78. The highest BCUT2D eigenvalue weighted by molar-refractivity contribution is 5.79. The predicted molar refractivity (Wildman–Crippen MR) is 66.3 cm³/mol. The summed E-state index contributed by atoms with van der Waals surface area (Å²) in [6.45, 7) is 1.14. The van der Waals surface area contributed by atoms with Gasteiger partial charge < -0.3 is 10.6 Å². The first-order valence-corrected chi connectivity index (χ1v) is 6.94. The fourth-order valence-electron chi connectivity index (χ4n) is 3.37. The summed E-state index contributed by atoms with van der Waals surface area (Å²) in [6, 6.07) is 1.27. The van der Waals surface area contributed by atoms with Gasteiger partial charge in [-0.2, -0.15) is 0 Å². The Morgan fingerprint density at radius 3 is 2.56 bits per heavy atom. The number of hydrogen-bond acceptors (Lipinski definition) is 1. The first kappa shape index (κ1) is 10.4. The third-order valence-corrected chi connectivity index (χ3v) is 4.40. The van der Waals surface area contributed by atoms with Gasteiger partial charge in [-0.3, -0.25) is 0 Å². The molecule has 0 spiro atoms. The van der Waals surface area contributed by atoms with Crippen molar-refractivity contribution in [2.45, 2.75) is 63.5 Å². The van der Waals surface area contributed by atoms with Crippen LogP contribution < -0.4 is 5.73 Å². The van der Waals surface area contributed by atoms with Crippen LogP contribution in [-0.4, -0.2) is 29.5 Å². The van der Waals surface area contributed by atoms with Crippen molar-refractivity contribution in [3.63, 3.8) is 0 Å². The highest BCUT2D eigenvalue weighted by Crippen LogP contribution is 2.35. The summed E-state index contributed by atoms with van der Waals surface area (Å²) in [5, 5.41) is 0. The topological polar surface area (TPSA) is 41.6 Å². The van der Waals surface area contributed by atoms with E-state index in [-0.39, 0.29) is 0 Å². The molecule has 0 aromatic rings. The normalized spacial score (nSPS) is 36.0. The second-order valence-electron chi connectivity index (χ2n) is 5.67. The van der Waals surface area contributed by atoms with Crippen LogP contribution in [0, 0.1) is 5.92 Å². The molecule has 3 rings (SSSR count). The molecule has 1 heterocycles. The lowest BCUT2D eigenvalue weighted by Crippen LogP contribution is -2.52. The monoisotopic (exact) mass is 221 g/mol. The second kappa shape index (κ2) is 4.27. The van der Waals surface area contributed by atoms with Crippen LogP contribution in [0.15, 0.2) is 4.99 Å². The lowest BCUT2D eigenvalue weighted by Gasteiger charge is -2.44. The van der Waals surface area contributed by atoms with E-state index in [1.165, 1.54) is 51.4 Å². The summed E-state index contributed by atoms with van der Waals surface area (Å²) < 4.78 is 0. The fraction of sp³-hybridized carbons (Fsp3) is 0.923. The molecular weight excluding hydrogens is 198 g/mol. The Bertz CT molecular complexity index is 281. The van der Waals surface area contributed by atoms with Crippen LogP contribution in [-0.2, 0) is 0 Å². The number of hydrogen-bond donors (Lipinski definition) is 1. The third kappa shape index (κ3) is 2.04. The van der Waals surface area contributed by atoms with Crippen molar-refractivity contribution < 1.29 is 0 Å². The molecule has 0 radical (unpaired) electrons. The summed E-state index contributed by atoms with van der Waals surface area (Å²) in [7, 11) is 0. The van der Waals surface area contributed by atoms with Gasteiger partial charge in [0.1, 0.15) is 0 Å². The molecule has 0 amide bonds. The molecule has 16 heavy (non-hydrogen) atoms. The minimum Gasteiger partial charge on any atom is -0.370 e. The van der Waals surface area contributed by atoms with Gasteiger partial charge in [0.15, 0.2) is 5.96 Å². The van der Waals surface area contributed by atoms with E-state index in [0.717, 1.165) is 18.4 Å². The van der Waals surface area contributed by atoms with Crippen molar-refractivity contribution >= 4 is 5.96 Å². The van der Waals surface area contributed by atoms with Gasteiger partial charge in [-0.1, -0.05) is 12.8 Å². The van der Waals surface area contributed by atoms with Gasteiger partial charge in [0.2, 0.25) is 0 Å². The van der Waals surface area contributed by atoms with Crippen molar-refractivity contribution in [1.29, 1.82) is 0 Å². The first-order chi connectivity index (χ1) is 7.84. The average Bonchev–Trinajstić information content (AvgIpc) is 3.12. The molecule has 3 aliphatic rings. The molecule has 0 aromatic heterocycles. The van der Waals surface area contributed by atoms with E-state index in [0.29, 0.717) is 12.1 Å². The maximum atomic E-state index is 6.17. The molecular formula is C13H23N3. The molecule has 3 heteroatoms. The zero-order valence-electron chi connectivity index (χ0n) is 10.1. The molecule has 2 atom stereocenters. The summed E-state index contributed by atoms with van der Waals surface area (Å²) in [5.41, 5.74) is 6.17. The number of aliphatic imine (C=N–C) groups is 1. The average molecular weight is 221 g/mol. The quantitative estimate of drug-likeness (QED) is 0.544. The molecule has 3 nitrogen and oxygen atoms in total. The lowest BCUT2D eigenvalue weighted by molar-refractivity contribution is 0.118. The van der Waals surface area contributed by atoms with E-state index in [1.807, 2.05) is 0 Å². The maximum absolute atomic E-state index is 6.17. The minimum atomic E-state index is 0.559. The minimum absolute atomic E-state index is 0.559. The van der Waals surface area contributed by atoms with Gasteiger partial charge in [-0.25, -0.2) is 4.99 Å². The van der Waals surface area contributed by atoms with Crippen LogP contribution in [0.2, 0.25) is 0 Å². The summed E-state index contributed by atoms with van der Waals surface area (Å²) in [5.74, 6) is 1.74. The van der Waals surface area contributed by atoms with Crippen molar-refractivity contribution in [3.8, 4) is 0 Å². The van der Waals surface area contributed by atoms with Crippen molar-refractivity contribution in [2.24, 2.45) is 16.6 Å². The summed E-state index contributed by atoms with van der Waals surface area (Å²) in [4.78, 5) is 7.05. The van der Waals surface area contributed by atoms with Crippen LogP contribution in [0.3, 0.4) is 0 Å². The first-order valence-electron chi connectivity index (χ1n) is 6.94. The second-order valence-corrected chi connectivity index (χ2v) is 5.67. The molecule has 90 valence electrons. The molecule has 1 aliphatic heterocycles. The van der Waals surface area contributed by atoms with Gasteiger partial charge in [-0.15, -0.1) is 0 Å². The molecule has 0 bridgehead atoms. The SMILES string of the molecule is NC(=NC1CC1)N1CCCC2CCCCC21. The van der Waals surface area contributed by atoms with Crippen LogP contribution in [0.25, 0.3) is 0 Å². The van der Waals surface area contributed by atoms with E-state index in [4.69, 9.17) is 5.73 Å². The zero-order chi connectivity index (χ0) is 11.0. The number of guanidine groups is 1. The highest BCUT2D eigenvalue weighted by atomic mass is 15.3. The summed E-state index contributed by atoms with van der Waals surface area (Å²) in [6.07, 6.45) is 10.8. The smallest absolute Gasteiger partial charge is 0.191 e. The van der Waals surface area contributed by atoms with E-state index in [2.05, 4.69) is 9.89 Å². The number of fused-ring (bicyclic) bond motifs is 1. The predicted octanol–water partition coefficient (Wildman–Crippen LogP) is 2.12. The Morgan fingerprint density at radius 1 is 1.00 bits per heavy atom. The molecule has 0 aromatic carbocycles. The molecule has 3 fully saturated rings. The standard InChI is InChI=1S/C13H23N3/c14-13(15-11-7-8-11)16-9-3-5-10-4-1-2-6-12(10)16/h10-12H,1-9H2,(H2,14,15). The van der Waals surface area contributed by atoms with E-state index in [9.17, 15) is 0 Å². The Hall–Kier alpha value is -0.730. The van der Waals surface area contributed by atoms with Crippen molar-refractivity contribution in [2.75, 3.05) is 6.54 Å². The maximum Gasteiger partial charge on any atom is 0.191 e. The van der Waals surface area contributed by atoms with Crippen molar-refractivity contribution in [3.05, 3.63) is 0 Å². The van der Waals surface area contributed by atoms with Gasteiger partial charge in [0, 0.05) is 12.6 Å². The van der Waals surface area contributed by atoms with Crippen LogP contribution >= 0.6 is 0 Å². The van der Waals surface area contributed by atoms with Gasteiger partial charge in [0.05, 0.1) is 6.04 Å². The Morgan fingerprint density at radius 2 is 1.75 bits per heavy atom. The van der Waals surface area contributed by atoms with Crippen LogP contribution in [0.4, 0.5) is 0 Å². The number of likely N-dealkylation sites (tertiary alicyclic amines) is 1. The molecule has 1 saturated heterocycles. The Balaban J connectivity index is 1.71. The summed E-state index contributed by atoms with van der Waals surface area (Å²) >= 11 is 0.